The van der Waals surface area contributed by atoms with Crippen LogP contribution in [0.5, 0.6) is 0 Å². The van der Waals surface area contributed by atoms with Gasteiger partial charge in [0.25, 0.3) is 0 Å². The Morgan fingerprint density at radius 3 is 2.95 bits per heavy atom. The fraction of sp³-hybridized carbons (Fsp3) is 0.250. The first-order valence-corrected chi connectivity index (χ1v) is 7.48. The highest BCUT2D eigenvalue weighted by atomic mass is 32.2. The Bertz CT molecular complexity index is 570. The van der Waals surface area contributed by atoms with Crippen LogP contribution in [0.4, 0.5) is 4.39 Å². The van der Waals surface area contributed by atoms with Crippen LogP contribution >= 0.6 is 11.8 Å². The van der Waals surface area contributed by atoms with Gasteiger partial charge >= 0.3 is 0 Å². The summed E-state index contributed by atoms with van der Waals surface area (Å²) in [4.78, 5) is 1.40. The second-order valence-corrected chi connectivity index (χ2v) is 5.87. The van der Waals surface area contributed by atoms with Gasteiger partial charge in [-0.15, -0.1) is 11.8 Å². The fourth-order valence-electron chi connectivity index (χ4n) is 2.44. The summed E-state index contributed by atoms with van der Waals surface area (Å²) in [5.74, 6) is 1.53. The first-order valence-electron chi connectivity index (χ1n) is 6.50. The van der Waals surface area contributed by atoms with Crippen molar-refractivity contribution in [2.45, 2.75) is 17.4 Å². The summed E-state index contributed by atoms with van der Waals surface area (Å²) in [5, 5.41) is 3.43. The van der Waals surface area contributed by atoms with E-state index in [2.05, 4.69) is 29.6 Å². The summed E-state index contributed by atoms with van der Waals surface area (Å²) >= 11 is 1.92. The number of benzene rings is 2. The summed E-state index contributed by atoms with van der Waals surface area (Å²) in [7, 11) is 0. The Morgan fingerprint density at radius 1 is 1.16 bits per heavy atom. The van der Waals surface area contributed by atoms with Crippen molar-refractivity contribution in [1.82, 2.24) is 5.32 Å². The molecule has 2 aromatic carbocycles. The SMILES string of the molecule is Fc1cccc(CNCC2CSc3ccccc32)c1. The van der Waals surface area contributed by atoms with Crippen LogP contribution in [0.15, 0.2) is 53.4 Å². The zero-order chi connectivity index (χ0) is 13.1. The van der Waals surface area contributed by atoms with Crippen LogP contribution in [0, 0.1) is 5.82 Å². The lowest BCUT2D eigenvalue weighted by Gasteiger charge is -2.12. The van der Waals surface area contributed by atoms with E-state index in [0.29, 0.717) is 5.92 Å². The van der Waals surface area contributed by atoms with E-state index in [1.165, 1.54) is 16.5 Å². The molecular weight excluding hydrogens is 257 g/mol. The maximum absolute atomic E-state index is 13.1. The third-order valence-corrected chi connectivity index (χ3v) is 4.66. The van der Waals surface area contributed by atoms with Gasteiger partial charge in [-0.2, -0.15) is 0 Å². The topological polar surface area (TPSA) is 12.0 Å². The summed E-state index contributed by atoms with van der Waals surface area (Å²) in [6.07, 6.45) is 0. The number of rotatable bonds is 4. The van der Waals surface area contributed by atoms with Crippen molar-refractivity contribution in [1.29, 1.82) is 0 Å². The molecule has 1 N–H and O–H groups in total. The second-order valence-electron chi connectivity index (χ2n) is 4.81. The molecule has 1 unspecified atom stereocenters. The molecule has 1 atom stereocenters. The van der Waals surface area contributed by atoms with Crippen LogP contribution in [-0.2, 0) is 6.54 Å². The van der Waals surface area contributed by atoms with Crippen molar-refractivity contribution in [2.24, 2.45) is 0 Å². The largest absolute Gasteiger partial charge is 0.312 e. The van der Waals surface area contributed by atoms with E-state index in [1.807, 2.05) is 17.8 Å². The Labute approximate surface area is 117 Å². The Balaban J connectivity index is 1.57. The molecule has 0 radical (unpaired) electrons. The predicted molar refractivity (Wildman–Crippen MR) is 78.0 cm³/mol. The summed E-state index contributed by atoms with van der Waals surface area (Å²) < 4.78 is 13.1. The van der Waals surface area contributed by atoms with Gasteiger partial charge in [-0.1, -0.05) is 30.3 Å². The van der Waals surface area contributed by atoms with Crippen LogP contribution < -0.4 is 5.32 Å². The molecule has 0 saturated carbocycles. The molecule has 0 fully saturated rings. The van der Waals surface area contributed by atoms with Crippen molar-refractivity contribution in [3.8, 4) is 0 Å². The van der Waals surface area contributed by atoms with Crippen LogP contribution in [0.25, 0.3) is 0 Å². The summed E-state index contributed by atoms with van der Waals surface area (Å²) in [6.45, 7) is 1.67. The molecule has 1 nitrogen and oxygen atoms in total. The molecular formula is C16H16FNS. The zero-order valence-electron chi connectivity index (χ0n) is 10.6. The molecule has 0 aromatic heterocycles. The number of hydrogen-bond donors (Lipinski definition) is 1. The Morgan fingerprint density at radius 2 is 2.05 bits per heavy atom. The van der Waals surface area contributed by atoms with Gasteiger partial charge in [0.1, 0.15) is 5.82 Å². The van der Waals surface area contributed by atoms with Crippen molar-refractivity contribution in [3.05, 3.63) is 65.5 Å². The first-order chi connectivity index (χ1) is 9.33. The number of nitrogens with one attached hydrogen (secondary N) is 1. The molecule has 1 aliphatic rings. The minimum absolute atomic E-state index is 0.166. The van der Waals surface area contributed by atoms with Gasteiger partial charge in [-0.25, -0.2) is 4.39 Å². The minimum Gasteiger partial charge on any atom is -0.312 e. The van der Waals surface area contributed by atoms with Crippen LogP contribution in [-0.4, -0.2) is 12.3 Å². The fourth-order valence-corrected chi connectivity index (χ4v) is 3.69. The molecule has 2 aromatic rings. The van der Waals surface area contributed by atoms with Gasteiger partial charge < -0.3 is 5.32 Å². The molecule has 0 bridgehead atoms. The highest BCUT2D eigenvalue weighted by Gasteiger charge is 2.21. The van der Waals surface area contributed by atoms with E-state index < -0.39 is 0 Å². The molecule has 3 rings (SSSR count). The molecule has 0 aliphatic carbocycles. The maximum atomic E-state index is 13.1. The van der Waals surface area contributed by atoms with Gasteiger partial charge in [0.2, 0.25) is 0 Å². The molecule has 0 spiro atoms. The molecule has 1 aliphatic heterocycles. The Kier molecular flexibility index (Phi) is 3.85. The lowest BCUT2D eigenvalue weighted by molar-refractivity contribution is 0.606. The van der Waals surface area contributed by atoms with Gasteiger partial charge in [0, 0.05) is 29.7 Å². The van der Waals surface area contributed by atoms with Crippen molar-refractivity contribution in [2.75, 3.05) is 12.3 Å². The lowest BCUT2D eigenvalue weighted by Crippen LogP contribution is -2.21. The van der Waals surface area contributed by atoms with E-state index in [4.69, 9.17) is 0 Å². The highest BCUT2D eigenvalue weighted by Crippen LogP contribution is 2.38. The van der Waals surface area contributed by atoms with Gasteiger partial charge in [-0.05, 0) is 29.3 Å². The summed E-state index contributed by atoms with van der Waals surface area (Å²) in [5.41, 5.74) is 2.44. The third-order valence-electron chi connectivity index (χ3n) is 3.41. The van der Waals surface area contributed by atoms with Gasteiger partial charge in [0.05, 0.1) is 0 Å². The lowest BCUT2D eigenvalue weighted by atomic mass is 10.0. The van der Waals surface area contributed by atoms with Gasteiger partial charge in [-0.3, -0.25) is 0 Å². The normalized spacial score (nSPS) is 17.4. The average Bonchev–Trinajstić information content (AvgIpc) is 2.83. The quantitative estimate of drug-likeness (QED) is 0.909. The number of hydrogen-bond acceptors (Lipinski definition) is 2. The molecule has 0 saturated heterocycles. The van der Waals surface area contributed by atoms with E-state index in [-0.39, 0.29) is 5.82 Å². The van der Waals surface area contributed by atoms with E-state index in [0.717, 1.165) is 24.4 Å². The first kappa shape index (κ1) is 12.7. The van der Waals surface area contributed by atoms with Crippen LogP contribution in [0.3, 0.4) is 0 Å². The maximum Gasteiger partial charge on any atom is 0.123 e. The monoisotopic (exact) mass is 273 g/mol. The van der Waals surface area contributed by atoms with E-state index in [1.54, 1.807) is 12.1 Å². The third kappa shape index (κ3) is 2.99. The van der Waals surface area contributed by atoms with Crippen LogP contribution in [0.1, 0.15) is 17.0 Å². The Hall–Kier alpha value is -1.32. The van der Waals surface area contributed by atoms with Crippen LogP contribution in [0.2, 0.25) is 0 Å². The van der Waals surface area contributed by atoms with Gasteiger partial charge in [0.15, 0.2) is 0 Å². The summed E-state index contributed by atoms with van der Waals surface area (Å²) in [6, 6.07) is 15.4. The molecule has 0 amide bonds. The molecule has 3 heteroatoms. The van der Waals surface area contributed by atoms with Crippen molar-refractivity contribution < 1.29 is 4.39 Å². The van der Waals surface area contributed by atoms with Crippen molar-refractivity contribution in [3.63, 3.8) is 0 Å². The predicted octanol–water partition coefficient (Wildman–Crippen LogP) is 3.80. The highest BCUT2D eigenvalue weighted by molar-refractivity contribution is 7.99. The van der Waals surface area contributed by atoms with Crippen molar-refractivity contribution >= 4 is 11.8 Å². The van der Waals surface area contributed by atoms with E-state index in [9.17, 15) is 4.39 Å². The second kappa shape index (κ2) is 5.76. The molecule has 1 heterocycles. The number of halogens is 1. The number of thioether (sulfide) groups is 1. The standard InChI is InChI=1S/C16H16FNS/c17-14-5-3-4-12(8-14)9-18-10-13-11-19-16-7-2-1-6-15(13)16/h1-8,13,18H,9-11H2. The minimum atomic E-state index is -0.166. The number of fused-ring (bicyclic) bond motifs is 1. The van der Waals surface area contributed by atoms with E-state index >= 15 is 0 Å². The smallest absolute Gasteiger partial charge is 0.123 e. The average molecular weight is 273 g/mol. The molecule has 98 valence electrons. The molecule has 19 heavy (non-hydrogen) atoms. The zero-order valence-corrected chi connectivity index (χ0v) is 11.4.